The molecule has 193 valence electrons. The highest BCUT2D eigenvalue weighted by atomic mass is 16.5. The van der Waals surface area contributed by atoms with Crippen molar-refractivity contribution < 1.29 is 14.6 Å². The van der Waals surface area contributed by atoms with Gasteiger partial charge in [0.05, 0.1) is 6.10 Å². The lowest BCUT2D eigenvalue weighted by molar-refractivity contribution is 0.101. The number of nitrogens with zero attached hydrogens (tertiary/aromatic N) is 1. The number of Topliss-reactive ketones (excluding diaryl/α,β-unsaturated/α-hetero) is 1. The Labute approximate surface area is 227 Å². The van der Waals surface area contributed by atoms with E-state index >= 15 is 0 Å². The lowest BCUT2D eigenvalue weighted by Gasteiger charge is -2.36. The molecular formula is C33H35BNO3. The van der Waals surface area contributed by atoms with E-state index in [-0.39, 0.29) is 17.5 Å². The van der Waals surface area contributed by atoms with Gasteiger partial charge < -0.3 is 14.6 Å². The zero-order chi connectivity index (χ0) is 26.8. The normalized spacial score (nSPS) is 18.0. The number of aliphatic hydroxyl groups excluding tert-OH is 1. The van der Waals surface area contributed by atoms with E-state index in [4.69, 9.17) is 9.76 Å². The predicted molar refractivity (Wildman–Crippen MR) is 154 cm³/mol. The van der Waals surface area contributed by atoms with Crippen molar-refractivity contribution in [3.8, 4) is 0 Å². The molecule has 4 aromatic carbocycles. The molecule has 6 rings (SSSR count). The van der Waals surface area contributed by atoms with Gasteiger partial charge in [-0.25, -0.2) is 0 Å². The average Bonchev–Trinajstić information content (AvgIpc) is 3.59. The van der Waals surface area contributed by atoms with Crippen LogP contribution in [0, 0.1) is 0 Å². The van der Waals surface area contributed by atoms with Crippen molar-refractivity contribution in [2.24, 2.45) is 0 Å². The van der Waals surface area contributed by atoms with Gasteiger partial charge in [-0.05, 0) is 49.9 Å². The minimum atomic E-state index is -0.348. The van der Waals surface area contributed by atoms with Gasteiger partial charge in [-0.1, -0.05) is 121 Å². The maximum absolute atomic E-state index is 10.6. The highest BCUT2D eigenvalue weighted by Crippen LogP contribution is 2.46. The van der Waals surface area contributed by atoms with E-state index in [2.05, 4.69) is 65.5 Å². The maximum atomic E-state index is 10.6. The first-order valence-corrected chi connectivity index (χ1v) is 13.2. The Morgan fingerprint density at radius 3 is 1.74 bits per heavy atom. The van der Waals surface area contributed by atoms with Crippen LogP contribution in [0.1, 0.15) is 59.8 Å². The minimum Gasteiger partial charge on any atom is -0.409 e. The molecule has 1 radical (unpaired) electrons. The number of hydrogen-bond acceptors (Lipinski definition) is 4. The van der Waals surface area contributed by atoms with Crippen LogP contribution >= 0.6 is 0 Å². The van der Waals surface area contributed by atoms with Gasteiger partial charge in [-0.2, -0.15) is 0 Å². The van der Waals surface area contributed by atoms with Gasteiger partial charge in [0.25, 0.3) is 0 Å². The van der Waals surface area contributed by atoms with E-state index in [0.717, 1.165) is 17.7 Å². The molecule has 2 heterocycles. The summed E-state index contributed by atoms with van der Waals surface area (Å²) in [6.45, 7) is 4.43. The number of benzene rings is 4. The van der Waals surface area contributed by atoms with Gasteiger partial charge in [-0.3, -0.25) is 4.79 Å². The van der Waals surface area contributed by atoms with Crippen LogP contribution in [0.15, 0.2) is 121 Å². The molecule has 2 fully saturated rings. The molecule has 2 aliphatic rings. The van der Waals surface area contributed by atoms with Crippen LogP contribution in [0.4, 0.5) is 0 Å². The first-order chi connectivity index (χ1) is 18.5. The van der Waals surface area contributed by atoms with E-state index in [1.807, 2.05) is 68.3 Å². The Hall–Kier alpha value is -3.51. The summed E-state index contributed by atoms with van der Waals surface area (Å²) in [5, 5.41) is 9.02. The third-order valence-corrected chi connectivity index (χ3v) is 7.01. The summed E-state index contributed by atoms with van der Waals surface area (Å²) in [6.07, 6.45) is 2.08. The van der Waals surface area contributed by atoms with E-state index in [1.54, 1.807) is 13.8 Å². The van der Waals surface area contributed by atoms with Crippen molar-refractivity contribution >= 4 is 13.4 Å². The summed E-state index contributed by atoms with van der Waals surface area (Å²) in [5.74, 6) is 0.121. The summed E-state index contributed by atoms with van der Waals surface area (Å²) in [6, 6.07) is 40.5. The molecule has 4 nitrogen and oxygen atoms in total. The second kappa shape index (κ2) is 13.3. The topological polar surface area (TPSA) is 49.8 Å². The van der Waals surface area contributed by atoms with Crippen molar-refractivity contribution in [2.75, 3.05) is 6.54 Å². The van der Waals surface area contributed by atoms with Gasteiger partial charge in [0.15, 0.2) is 5.78 Å². The quantitative estimate of drug-likeness (QED) is 0.252. The highest BCUT2D eigenvalue weighted by molar-refractivity contribution is 6.25. The van der Waals surface area contributed by atoms with Gasteiger partial charge in [0, 0.05) is 11.6 Å². The Balaban J connectivity index is 0.000000156. The van der Waals surface area contributed by atoms with Crippen molar-refractivity contribution in [1.82, 2.24) is 4.81 Å². The molecule has 0 amide bonds. The van der Waals surface area contributed by atoms with Crippen molar-refractivity contribution in [3.63, 3.8) is 0 Å². The number of rotatable bonds is 4. The largest absolute Gasteiger partial charge is 0.409 e. The van der Waals surface area contributed by atoms with Crippen molar-refractivity contribution in [1.29, 1.82) is 0 Å². The van der Waals surface area contributed by atoms with Gasteiger partial charge in [-0.15, -0.1) is 0 Å². The second-order valence-electron chi connectivity index (χ2n) is 9.60. The summed E-state index contributed by atoms with van der Waals surface area (Å²) in [7, 11) is 1.94. The Kier molecular flexibility index (Phi) is 9.66. The standard InChI is InChI=1S/C17H17BNO.C8H10O.C8H8O/c1-3-8-14(9-4-1)17(15-10-5-2-6-11-15)16-12-7-13-19(16)18-20-17;2*1-7(9)8-5-3-2-4-6-8/h1-6,8-11,16H,7,12-13H2;2-7,9H,1H3;2-6H,1H3/t;7-;/m.1./s1. The van der Waals surface area contributed by atoms with E-state index < -0.39 is 0 Å². The molecule has 1 unspecified atom stereocenters. The van der Waals surface area contributed by atoms with Crippen molar-refractivity contribution in [2.45, 2.75) is 44.4 Å². The fraction of sp³-hybridized carbons (Fsp3) is 0.242. The Morgan fingerprint density at radius 2 is 1.32 bits per heavy atom. The van der Waals surface area contributed by atoms with Crippen LogP contribution < -0.4 is 0 Å². The van der Waals surface area contributed by atoms with Crippen LogP contribution in [0.3, 0.4) is 0 Å². The van der Waals surface area contributed by atoms with Gasteiger partial charge >= 0.3 is 7.62 Å². The second-order valence-corrected chi connectivity index (χ2v) is 9.60. The summed E-state index contributed by atoms with van der Waals surface area (Å²) in [5.41, 5.74) is 3.89. The number of ketones is 1. The predicted octanol–water partition coefficient (Wildman–Crippen LogP) is 6.59. The SMILES string of the molecule is CC(=O)c1ccccc1.C[C@@H](O)c1ccccc1.[B]1OC(c2ccccc2)(c2ccccc2)C2CCCN12. The molecule has 0 bridgehead atoms. The molecule has 0 spiro atoms. The van der Waals surface area contributed by atoms with Crippen molar-refractivity contribution in [3.05, 3.63) is 144 Å². The molecule has 2 saturated heterocycles. The van der Waals surface area contributed by atoms with Gasteiger partial charge in [0.2, 0.25) is 0 Å². The minimum absolute atomic E-state index is 0.121. The maximum Gasteiger partial charge on any atom is 0.400 e. The Morgan fingerprint density at radius 1 is 0.842 bits per heavy atom. The number of carbonyl (C=O) groups is 1. The summed E-state index contributed by atoms with van der Waals surface area (Å²) >= 11 is 0. The van der Waals surface area contributed by atoms with E-state index in [1.165, 1.54) is 24.0 Å². The fourth-order valence-corrected chi connectivity index (χ4v) is 5.04. The fourth-order valence-electron chi connectivity index (χ4n) is 5.04. The van der Waals surface area contributed by atoms with E-state index in [0.29, 0.717) is 6.04 Å². The monoisotopic (exact) mass is 504 g/mol. The molecule has 1 N–H and O–H groups in total. The number of hydrogen-bond donors (Lipinski definition) is 1. The molecular weight excluding hydrogens is 469 g/mol. The highest BCUT2D eigenvalue weighted by Gasteiger charge is 2.53. The smallest absolute Gasteiger partial charge is 0.400 e. The van der Waals surface area contributed by atoms with Crippen LogP contribution in [-0.2, 0) is 10.3 Å². The first-order valence-electron chi connectivity index (χ1n) is 13.2. The molecule has 4 aromatic rings. The third kappa shape index (κ3) is 6.49. The molecule has 0 aliphatic carbocycles. The molecule has 0 aromatic heterocycles. The molecule has 38 heavy (non-hydrogen) atoms. The average molecular weight is 504 g/mol. The summed E-state index contributed by atoms with van der Waals surface area (Å²) < 4.78 is 6.28. The van der Waals surface area contributed by atoms with Crippen LogP contribution in [0.2, 0.25) is 0 Å². The zero-order valence-electron chi connectivity index (χ0n) is 22.1. The van der Waals surface area contributed by atoms with Crippen LogP contribution in [0.5, 0.6) is 0 Å². The van der Waals surface area contributed by atoms with Crippen LogP contribution in [0.25, 0.3) is 0 Å². The molecule has 5 heteroatoms. The summed E-state index contributed by atoms with van der Waals surface area (Å²) in [4.78, 5) is 13.0. The third-order valence-electron chi connectivity index (χ3n) is 7.01. The van der Waals surface area contributed by atoms with E-state index in [9.17, 15) is 4.79 Å². The van der Waals surface area contributed by atoms with Crippen LogP contribution in [-0.4, -0.2) is 35.9 Å². The van der Waals surface area contributed by atoms with Gasteiger partial charge in [0.1, 0.15) is 5.60 Å². The number of fused-ring (bicyclic) bond motifs is 1. The zero-order valence-corrected chi connectivity index (χ0v) is 22.1. The lowest BCUT2D eigenvalue weighted by atomic mass is 9.79. The molecule has 2 atom stereocenters. The Bertz CT molecular complexity index is 1210. The first kappa shape index (κ1) is 27.5. The molecule has 2 aliphatic heterocycles. The number of carbonyl (C=O) groups excluding carboxylic acids is 1. The lowest BCUT2D eigenvalue weighted by Crippen LogP contribution is -2.40. The number of aliphatic hydroxyl groups is 1. The molecule has 0 saturated carbocycles.